The molecule has 2 heterocycles. The van der Waals surface area contributed by atoms with Crippen LogP contribution in [0.3, 0.4) is 0 Å². The highest BCUT2D eigenvalue weighted by Crippen LogP contribution is 2.28. The molecular formula is C14H16N2O. The standard InChI is InChI=1S/C14H16N2O/c1-10-11(2)17-14(15-10)9-16-8-7-12-5-3-4-6-13(12)16/h3-6H,7-9H2,1-2H3. The molecule has 0 bridgehead atoms. The topological polar surface area (TPSA) is 29.3 Å². The van der Waals surface area contributed by atoms with Crippen LogP contribution in [0.2, 0.25) is 0 Å². The minimum Gasteiger partial charge on any atom is -0.444 e. The quantitative estimate of drug-likeness (QED) is 0.791. The van der Waals surface area contributed by atoms with Crippen LogP contribution in [0.25, 0.3) is 0 Å². The van der Waals surface area contributed by atoms with E-state index >= 15 is 0 Å². The summed E-state index contributed by atoms with van der Waals surface area (Å²) in [7, 11) is 0. The van der Waals surface area contributed by atoms with Crippen LogP contribution in [0.15, 0.2) is 28.7 Å². The summed E-state index contributed by atoms with van der Waals surface area (Å²) >= 11 is 0. The summed E-state index contributed by atoms with van der Waals surface area (Å²) in [5, 5.41) is 0. The lowest BCUT2D eigenvalue weighted by Gasteiger charge is -2.16. The zero-order valence-electron chi connectivity index (χ0n) is 10.2. The van der Waals surface area contributed by atoms with Gasteiger partial charge in [-0.1, -0.05) is 18.2 Å². The van der Waals surface area contributed by atoms with Crippen LogP contribution in [0.5, 0.6) is 0 Å². The van der Waals surface area contributed by atoms with Crippen LogP contribution in [0, 0.1) is 13.8 Å². The monoisotopic (exact) mass is 228 g/mol. The number of benzene rings is 1. The van der Waals surface area contributed by atoms with Crippen molar-refractivity contribution in [3.05, 3.63) is 47.2 Å². The van der Waals surface area contributed by atoms with E-state index in [4.69, 9.17) is 4.42 Å². The molecule has 3 heteroatoms. The van der Waals surface area contributed by atoms with Crippen molar-refractivity contribution in [2.45, 2.75) is 26.8 Å². The molecule has 2 aromatic rings. The molecule has 0 amide bonds. The van der Waals surface area contributed by atoms with E-state index in [1.807, 2.05) is 13.8 Å². The van der Waals surface area contributed by atoms with E-state index in [1.165, 1.54) is 11.3 Å². The molecule has 1 aliphatic rings. The number of fused-ring (bicyclic) bond motifs is 1. The molecule has 0 atom stereocenters. The zero-order valence-corrected chi connectivity index (χ0v) is 10.2. The molecule has 3 rings (SSSR count). The molecule has 0 unspecified atom stereocenters. The highest BCUT2D eigenvalue weighted by Gasteiger charge is 2.20. The molecule has 3 nitrogen and oxygen atoms in total. The van der Waals surface area contributed by atoms with Gasteiger partial charge in [0.2, 0.25) is 5.89 Å². The summed E-state index contributed by atoms with van der Waals surface area (Å²) in [6.07, 6.45) is 1.12. The van der Waals surface area contributed by atoms with Gasteiger partial charge in [-0.15, -0.1) is 0 Å². The number of aromatic nitrogens is 1. The van der Waals surface area contributed by atoms with Gasteiger partial charge in [0.25, 0.3) is 0 Å². The Hall–Kier alpha value is -1.77. The predicted molar refractivity (Wildman–Crippen MR) is 67.2 cm³/mol. The average molecular weight is 228 g/mol. The molecule has 88 valence electrons. The summed E-state index contributed by atoms with van der Waals surface area (Å²) in [6.45, 7) is 5.77. The van der Waals surface area contributed by atoms with Crippen LogP contribution >= 0.6 is 0 Å². The number of aryl methyl sites for hydroxylation is 2. The number of hydrogen-bond donors (Lipinski definition) is 0. The number of oxazole rings is 1. The Morgan fingerprint density at radius 2 is 2.12 bits per heavy atom. The van der Waals surface area contributed by atoms with Gasteiger partial charge in [-0.2, -0.15) is 0 Å². The maximum Gasteiger partial charge on any atom is 0.214 e. The summed E-state index contributed by atoms with van der Waals surface area (Å²) in [6, 6.07) is 8.55. The van der Waals surface area contributed by atoms with Gasteiger partial charge in [0.1, 0.15) is 5.76 Å². The number of anilines is 1. The minimum absolute atomic E-state index is 0.770. The van der Waals surface area contributed by atoms with E-state index in [2.05, 4.69) is 34.1 Å². The van der Waals surface area contributed by atoms with Crippen molar-refractivity contribution < 1.29 is 4.42 Å². The first-order valence-corrected chi connectivity index (χ1v) is 6.00. The summed E-state index contributed by atoms with van der Waals surface area (Å²) < 4.78 is 5.64. The van der Waals surface area contributed by atoms with Crippen LogP contribution < -0.4 is 4.90 Å². The molecule has 0 saturated carbocycles. The lowest BCUT2D eigenvalue weighted by Crippen LogP contribution is -2.19. The van der Waals surface area contributed by atoms with E-state index in [-0.39, 0.29) is 0 Å². The Bertz CT molecular complexity index is 525. The first-order chi connectivity index (χ1) is 8.24. The lowest BCUT2D eigenvalue weighted by molar-refractivity contribution is 0.466. The third kappa shape index (κ3) is 1.82. The van der Waals surface area contributed by atoms with Gasteiger partial charge in [0.15, 0.2) is 0 Å². The molecule has 1 aromatic heterocycles. The Balaban J connectivity index is 1.84. The summed E-state index contributed by atoms with van der Waals surface area (Å²) in [5.74, 6) is 1.74. The van der Waals surface area contributed by atoms with Crippen molar-refractivity contribution in [1.82, 2.24) is 4.98 Å². The van der Waals surface area contributed by atoms with Crippen molar-refractivity contribution in [2.75, 3.05) is 11.4 Å². The fourth-order valence-corrected chi connectivity index (χ4v) is 2.34. The van der Waals surface area contributed by atoms with Gasteiger partial charge in [0.05, 0.1) is 12.2 Å². The second kappa shape index (κ2) is 3.91. The SMILES string of the molecule is Cc1nc(CN2CCc3ccccc32)oc1C. The normalized spacial score (nSPS) is 14.1. The molecule has 0 aliphatic carbocycles. The molecule has 0 fully saturated rings. The summed E-state index contributed by atoms with van der Waals surface area (Å²) in [5.41, 5.74) is 3.74. The second-order valence-corrected chi connectivity index (χ2v) is 4.55. The van der Waals surface area contributed by atoms with E-state index < -0.39 is 0 Å². The maximum absolute atomic E-state index is 5.64. The molecule has 0 N–H and O–H groups in total. The largest absolute Gasteiger partial charge is 0.444 e. The molecule has 1 aromatic carbocycles. The van der Waals surface area contributed by atoms with Gasteiger partial charge in [-0.3, -0.25) is 0 Å². The van der Waals surface area contributed by atoms with Gasteiger partial charge in [0, 0.05) is 12.2 Å². The van der Waals surface area contributed by atoms with Crippen LogP contribution in [-0.2, 0) is 13.0 Å². The average Bonchev–Trinajstić information content (AvgIpc) is 2.85. The number of nitrogens with zero attached hydrogens (tertiary/aromatic N) is 2. The molecule has 0 spiro atoms. The first-order valence-electron chi connectivity index (χ1n) is 6.00. The molecule has 0 saturated heterocycles. The third-order valence-electron chi connectivity index (χ3n) is 3.38. The van der Waals surface area contributed by atoms with Crippen LogP contribution in [0.1, 0.15) is 22.9 Å². The second-order valence-electron chi connectivity index (χ2n) is 4.55. The number of rotatable bonds is 2. The highest BCUT2D eigenvalue weighted by molar-refractivity contribution is 5.57. The van der Waals surface area contributed by atoms with Crippen molar-refractivity contribution in [3.63, 3.8) is 0 Å². The van der Waals surface area contributed by atoms with Crippen molar-refractivity contribution >= 4 is 5.69 Å². The minimum atomic E-state index is 0.770. The molecule has 17 heavy (non-hydrogen) atoms. The fraction of sp³-hybridized carbons (Fsp3) is 0.357. The number of para-hydroxylation sites is 1. The first kappa shape index (κ1) is 10.4. The number of hydrogen-bond acceptors (Lipinski definition) is 3. The summed E-state index contributed by atoms with van der Waals surface area (Å²) in [4.78, 5) is 6.77. The van der Waals surface area contributed by atoms with E-state index in [0.29, 0.717) is 0 Å². The predicted octanol–water partition coefficient (Wildman–Crippen LogP) is 2.85. The maximum atomic E-state index is 5.64. The van der Waals surface area contributed by atoms with Gasteiger partial charge in [-0.05, 0) is 31.9 Å². The van der Waals surface area contributed by atoms with Gasteiger partial charge in [-0.25, -0.2) is 4.98 Å². The molecule has 1 aliphatic heterocycles. The zero-order chi connectivity index (χ0) is 11.8. The Kier molecular flexibility index (Phi) is 2.39. The van der Waals surface area contributed by atoms with E-state index in [1.54, 1.807) is 0 Å². The fourth-order valence-electron chi connectivity index (χ4n) is 2.34. The highest BCUT2D eigenvalue weighted by atomic mass is 16.4. The van der Waals surface area contributed by atoms with Gasteiger partial charge < -0.3 is 9.32 Å². The molecule has 0 radical (unpaired) electrons. The Labute approximate surface area is 101 Å². The Morgan fingerprint density at radius 3 is 2.88 bits per heavy atom. The third-order valence-corrected chi connectivity index (χ3v) is 3.38. The van der Waals surface area contributed by atoms with Crippen molar-refractivity contribution in [1.29, 1.82) is 0 Å². The molecular weight excluding hydrogens is 212 g/mol. The Morgan fingerprint density at radius 1 is 1.29 bits per heavy atom. The van der Waals surface area contributed by atoms with Crippen LogP contribution in [-0.4, -0.2) is 11.5 Å². The van der Waals surface area contributed by atoms with Crippen molar-refractivity contribution in [2.24, 2.45) is 0 Å². The lowest BCUT2D eigenvalue weighted by atomic mass is 10.2. The van der Waals surface area contributed by atoms with Crippen LogP contribution in [0.4, 0.5) is 5.69 Å². The smallest absolute Gasteiger partial charge is 0.214 e. The van der Waals surface area contributed by atoms with Gasteiger partial charge >= 0.3 is 0 Å². The van der Waals surface area contributed by atoms with E-state index in [0.717, 1.165) is 36.9 Å². The van der Waals surface area contributed by atoms with Crippen molar-refractivity contribution in [3.8, 4) is 0 Å². The van der Waals surface area contributed by atoms with E-state index in [9.17, 15) is 0 Å².